The number of hydrogen-bond acceptors (Lipinski definition) is 4. The van der Waals surface area contributed by atoms with Crippen molar-refractivity contribution >= 4 is 45.6 Å². The summed E-state index contributed by atoms with van der Waals surface area (Å²) in [5, 5.41) is 10.7. The number of hydrogen-bond donors (Lipinski definition) is 0. The Bertz CT molecular complexity index is 1230. The van der Waals surface area contributed by atoms with Gasteiger partial charge in [-0.15, -0.1) is 0 Å². The van der Waals surface area contributed by atoms with Crippen LogP contribution in [0.25, 0.3) is 11.1 Å². The SMILES string of the molecule is O=C([O-])c1ccc2cccccc1-2.O=S1(=O)c2cccc[c]2[Bi+][c]2ccccc21. The Kier molecular flexibility index (Phi) is 5.48. The Hall–Kier alpha value is -2.56. The molecule has 3 aliphatic rings. The van der Waals surface area contributed by atoms with Gasteiger partial charge in [0, 0.05) is 5.56 Å². The van der Waals surface area contributed by atoms with Crippen LogP contribution in [0.15, 0.2) is 101 Å². The first-order valence-electron chi connectivity index (χ1n) is 8.82. The van der Waals surface area contributed by atoms with E-state index in [9.17, 15) is 18.3 Å². The molecular weight excluding hydrogens is 581 g/mol. The van der Waals surface area contributed by atoms with E-state index in [0.717, 1.165) is 17.7 Å². The van der Waals surface area contributed by atoms with Crippen LogP contribution in [0.3, 0.4) is 0 Å². The molecular formula is C23H15BiO4S. The first kappa shape index (κ1) is 19.7. The van der Waals surface area contributed by atoms with Crippen molar-refractivity contribution < 1.29 is 18.3 Å². The monoisotopic (exact) mass is 596 g/mol. The molecule has 5 rings (SSSR count). The molecule has 2 radical (unpaired) electrons. The Balaban J connectivity index is 0.000000145. The normalized spacial score (nSPS) is 13.5. The molecule has 1 aliphatic heterocycles. The number of sulfone groups is 1. The Labute approximate surface area is 180 Å². The van der Waals surface area contributed by atoms with Gasteiger partial charge in [-0.3, -0.25) is 0 Å². The number of carbonyl (C=O) groups is 1. The van der Waals surface area contributed by atoms with Gasteiger partial charge in [0.25, 0.3) is 0 Å². The van der Waals surface area contributed by atoms with Gasteiger partial charge in [0.2, 0.25) is 0 Å². The van der Waals surface area contributed by atoms with Gasteiger partial charge in [-0.2, -0.15) is 0 Å². The predicted octanol–water partition coefficient (Wildman–Crippen LogP) is 1.64. The number of carbonyl (C=O) groups excluding carboxylic acids is 1. The summed E-state index contributed by atoms with van der Waals surface area (Å²) in [6, 6.07) is 27.4. The van der Waals surface area contributed by atoms with Crippen LogP contribution >= 0.6 is 0 Å². The maximum atomic E-state index is 12.3. The van der Waals surface area contributed by atoms with Crippen LogP contribution in [0.5, 0.6) is 0 Å². The number of carboxylic acid groups (broad SMARTS) is 1. The third-order valence-corrected chi connectivity index (χ3v) is 12.6. The van der Waals surface area contributed by atoms with Gasteiger partial charge in [-0.25, -0.2) is 0 Å². The minimum absolute atomic E-state index is 0.256. The van der Waals surface area contributed by atoms with Crippen molar-refractivity contribution in [2.24, 2.45) is 0 Å². The summed E-state index contributed by atoms with van der Waals surface area (Å²) in [7, 11) is -3.26. The topological polar surface area (TPSA) is 74.3 Å². The molecule has 0 unspecified atom stereocenters. The predicted molar refractivity (Wildman–Crippen MR) is 111 cm³/mol. The summed E-state index contributed by atoms with van der Waals surface area (Å²) in [4.78, 5) is 11.7. The molecule has 2 aromatic carbocycles. The number of benzene rings is 2. The van der Waals surface area contributed by atoms with Gasteiger partial charge in [-0.05, 0) is 11.1 Å². The fraction of sp³-hybridized carbons (Fsp3) is 0. The average molecular weight is 596 g/mol. The molecule has 6 heteroatoms. The Morgan fingerprint density at radius 1 is 0.690 bits per heavy atom. The van der Waals surface area contributed by atoms with Crippen LogP contribution in [0.4, 0.5) is 0 Å². The molecule has 0 aromatic heterocycles. The van der Waals surface area contributed by atoms with E-state index >= 15 is 0 Å². The van der Waals surface area contributed by atoms with E-state index in [4.69, 9.17) is 0 Å². The second-order valence-corrected chi connectivity index (χ2v) is 12.9. The number of rotatable bonds is 1. The molecule has 0 saturated heterocycles. The first-order chi connectivity index (χ1) is 14.0. The zero-order valence-electron chi connectivity index (χ0n) is 15.1. The summed E-state index contributed by atoms with van der Waals surface area (Å²) in [5.41, 5.74) is 1.90. The summed E-state index contributed by atoms with van der Waals surface area (Å²) in [6.07, 6.45) is 0. The molecule has 1 heterocycles. The van der Waals surface area contributed by atoms with E-state index < -0.39 is 39.0 Å². The maximum absolute atomic E-state index is 12.3. The third kappa shape index (κ3) is 3.83. The van der Waals surface area contributed by atoms with Crippen molar-refractivity contribution in [2.45, 2.75) is 9.79 Å². The quantitative estimate of drug-likeness (QED) is 0.276. The van der Waals surface area contributed by atoms with Gasteiger partial charge >= 0.3 is 106 Å². The van der Waals surface area contributed by atoms with E-state index in [1.54, 1.807) is 42.5 Å². The van der Waals surface area contributed by atoms with E-state index in [2.05, 4.69) is 0 Å². The van der Waals surface area contributed by atoms with Crippen LogP contribution < -0.4 is 11.6 Å². The molecule has 0 spiro atoms. The van der Waals surface area contributed by atoms with Crippen LogP contribution in [0.2, 0.25) is 0 Å². The van der Waals surface area contributed by atoms with Crippen molar-refractivity contribution in [1.29, 1.82) is 0 Å². The molecule has 0 atom stereocenters. The van der Waals surface area contributed by atoms with Crippen molar-refractivity contribution in [1.82, 2.24) is 0 Å². The molecule has 0 saturated carbocycles. The third-order valence-electron chi connectivity index (χ3n) is 4.56. The van der Waals surface area contributed by atoms with Crippen LogP contribution in [0, 0.1) is 0 Å². The number of carboxylic acids is 1. The molecule has 0 N–H and O–H groups in total. The molecule has 4 nitrogen and oxygen atoms in total. The summed E-state index contributed by atoms with van der Waals surface area (Å²) < 4.78 is 26.8. The standard InChI is InChI=1S/C12H8O2S.C11H8O2.Bi/c13-15(14,11-7-3-1-4-8-11)12-9-5-2-6-10-12;12-11(13)10-7-6-8-4-2-1-3-5-9(8)10;/h1-7,9H;1-7H,(H,12,13);/q;;+1/p-1. The van der Waals surface area contributed by atoms with Gasteiger partial charge in [-0.1, -0.05) is 42.5 Å². The number of fused-ring (bicyclic) bond motifs is 3. The van der Waals surface area contributed by atoms with Crippen molar-refractivity contribution in [3.8, 4) is 11.1 Å². The molecule has 29 heavy (non-hydrogen) atoms. The van der Waals surface area contributed by atoms with Crippen LogP contribution in [0.1, 0.15) is 10.4 Å². The summed E-state index contributed by atoms with van der Waals surface area (Å²) in [6.45, 7) is 0. The molecule has 0 amide bonds. The van der Waals surface area contributed by atoms with Crippen LogP contribution in [-0.4, -0.2) is 37.6 Å². The second-order valence-electron chi connectivity index (χ2n) is 6.36. The summed E-state index contributed by atoms with van der Waals surface area (Å²) in [5.74, 6) is -1.12. The Morgan fingerprint density at radius 2 is 1.24 bits per heavy atom. The van der Waals surface area contributed by atoms with Crippen molar-refractivity contribution in [2.75, 3.05) is 0 Å². The molecule has 142 valence electrons. The molecule has 2 aromatic rings. The second kappa shape index (κ2) is 8.05. The molecule has 0 bridgehead atoms. The van der Waals surface area contributed by atoms with Crippen molar-refractivity contribution in [3.63, 3.8) is 0 Å². The van der Waals surface area contributed by atoms with E-state index in [1.165, 1.54) is 0 Å². The Morgan fingerprint density at radius 3 is 1.86 bits per heavy atom. The molecule has 2 aliphatic carbocycles. The van der Waals surface area contributed by atoms with E-state index in [1.807, 2.05) is 48.5 Å². The zero-order valence-corrected chi connectivity index (χ0v) is 19.4. The van der Waals surface area contributed by atoms with E-state index in [-0.39, 0.29) is 5.56 Å². The van der Waals surface area contributed by atoms with Crippen LogP contribution in [-0.2, 0) is 9.84 Å². The fourth-order valence-corrected chi connectivity index (χ4v) is 11.9. The van der Waals surface area contributed by atoms with Gasteiger partial charge in [0.05, 0.1) is 5.97 Å². The van der Waals surface area contributed by atoms with Gasteiger partial charge < -0.3 is 9.90 Å². The first-order valence-corrected chi connectivity index (χ1v) is 13.8. The molecule has 0 fully saturated rings. The minimum atomic E-state index is -3.26. The van der Waals surface area contributed by atoms with Gasteiger partial charge in [0.15, 0.2) is 0 Å². The van der Waals surface area contributed by atoms with E-state index in [0.29, 0.717) is 9.79 Å². The fourth-order valence-electron chi connectivity index (χ4n) is 3.19. The van der Waals surface area contributed by atoms with Crippen molar-refractivity contribution in [3.05, 3.63) is 96.6 Å². The summed E-state index contributed by atoms with van der Waals surface area (Å²) >= 11 is -1.05. The zero-order chi connectivity index (χ0) is 20.4. The average Bonchev–Trinajstić information content (AvgIpc) is 2.98. The van der Waals surface area contributed by atoms with Gasteiger partial charge in [0.1, 0.15) is 0 Å². The number of aromatic carboxylic acids is 1.